The largest absolute Gasteiger partial charge is 0.506 e. The van der Waals surface area contributed by atoms with E-state index in [0.717, 1.165) is 22.9 Å². The highest BCUT2D eigenvalue weighted by molar-refractivity contribution is 5.89. The molecule has 0 bridgehead atoms. The maximum absolute atomic E-state index is 10.4. The van der Waals surface area contributed by atoms with Crippen LogP contribution in [0.15, 0.2) is 30.5 Å². The average molecular weight is 245 g/mol. The second-order valence-corrected chi connectivity index (χ2v) is 4.10. The molecule has 2 rings (SSSR count). The lowest BCUT2D eigenvalue weighted by atomic mass is 10.0. The number of hydrogen-bond acceptors (Lipinski definition) is 4. The van der Waals surface area contributed by atoms with Gasteiger partial charge in [0.15, 0.2) is 0 Å². The van der Waals surface area contributed by atoms with Crippen molar-refractivity contribution in [2.75, 3.05) is 0 Å². The van der Waals surface area contributed by atoms with E-state index >= 15 is 0 Å². The van der Waals surface area contributed by atoms with E-state index in [1.54, 1.807) is 0 Å². The maximum atomic E-state index is 10.4. The van der Waals surface area contributed by atoms with E-state index in [9.17, 15) is 9.90 Å². The highest BCUT2D eigenvalue weighted by Crippen LogP contribution is 2.26. The van der Waals surface area contributed by atoms with Gasteiger partial charge in [0, 0.05) is 17.2 Å². The molecule has 4 heteroatoms. The van der Waals surface area contributed by atoms with Crippen LogP contribution in [0.25, 0.3) is 10.8 Å². The molecule has 1 atom stereocenters. The molecule has 0 aliphatic heterocycles. The predicted octanol–water partition coefficient (Wildman–Crippen LogP) is 2.43. The van der Waals surface area contributed by atoms with Crippen molar-refractivity contribution >= 4 is 17.2 Å². The fraction of sp³-hybridized carbons (Fsp3) is 0.286. The van der Waals surface area contributed by atoms with Crippen LogP contribution in [-0.4, -0.2) is 22.7 Å². The molecule has 2 aromatic rings. The topological polar surface area (TPSA) is 59.4 Å². The van der Waals surface area contributed by atoms with E-state index in [1.165, 1.54) is 6.20 Å². The lowest BCUT2D eigenvalue weighted by Gasteiger charge is -2.14. The van der Waals surface area contributed by atoms with Gasteiger partial charge in [-0.05, 0) is 6.42 Å². The first kappa shape index (κ1) is 12.4. The lowest BCUT2D eigenvalue weighted by Crippen LogP contribution is -2.15. The Morgan fingerprint density at radius 2 is 2.11 bits per heavy atom. The fourth-order valence-electron chi connectivity index (χ4n) is 1.98. The molecule has 18 heavy (non-hydrogen) atoms. The summed E-state index contributed by atoms with van der Waals surface area (Å²) in [6, 6.07) is 7.52. The zero-order chi connectivity index (χ0) is 13.0. The third-order valence-corrected chi connectivity index (χ3v) is 2.98. The molecule has 1 unspecified atom stereocenters. The number of ether oxygens (including phenoxy) is 1. The Morgan fingerprint density at radius 1 is 1.39 bits per heavy atom. The van der Waals surface area contributed by atoms with Crippen molar-refractivity contribution in [1.29, 1.82) is 0 Å². The average Bonchev–Trinajstić information content (AvgIpc) is 2.41. The van der Waals surface area contributed by atoms with Gasteiger partial charge in [-0.15, -0.1) is 0 Å². The van der Waals surface area contributed by atoms with Gasteiger partial charge in [-0.1, -0.05) is 31.2 Å². The van der Waals surface area contributed by atoms with Crippen molar-refractivity contribution in [3.8, 4) is 5.75 Å². The van der Waals surface area contributed by atoms with Crippen molar-refractivity contribution in [2.24, 2.45) is 0 Å². The van der Waals surface area contributed by atoms with Gasteiger partial charge in [0.25, 0.3) is 6.47 Å². The molecule has 0 spiro atoms. The van der Waals surface area contributed by atoms with Gasteiger partial charge in [0.2, 0.25) is 0 Å². The van der Waals surface area contributed by atoms with Gasteiger partial charge in [0.1, 0.15) is 11.9 Å². The van der Waals surface area contributed by atoms with Crippen LogP contribution in [0.2, 0.25) is 0 Å². The first-order valence-electron chi connectivity index (χ1n) is 5.91. The van der Waals surface area contributed by atoms with Gasteiger partial charge in [0.05, 0.1) is 11.9 Å². The third-order valence-electron chi connectivity index (χ3n) is 2.98. The van der Waals surface area contributed by atoms with Crippen LogP contribution in [-0.2, 0) is 16.0 Å². The molecule has 4 nitrogen and oxygen atoms in total. The van der Waals surface area contributed by atoms with Crippen molar-refractivity contribution in [1.82, 2.24) is 4.98 Å². The highest BCUT2D eigenvalue weighted by Gasteiger charge is 2.12. The van der Waals surface area contributed by atoms with Crippen molar-refractivity contribution in [3.05, 3.63) is 36.2 Å². The quantitative estimate of drug-likeness (QED) is 0.822. The third kappa shape index (κ3) is 2.42. The Balaban J connectivity index is 2.39. The van der Waals surface area contributed by atoms with Crippen LogP contribution in [0.4, 0.5) is 0 Å². The number of benzene rings is 1. The molecule has 1 aromatic heterocycles. The summed E-state index contributed by atoms with van der Waals surface area (Å²) < 4.78 is 4.99. The van der Waals surface area contributed by atoms with Gasteiger partial charge >= 0.3 is 0 Å². The molecular formula is C14H15NO3. The van der Waals surface area contributed by atoms with Crippen LogP contribution in [0.3, 0.4) is 0 Å². The minimum absolute atomic E-state index is 0.165. The lowest BCUT2D eigenvalue weighted by molar-refractivity contribution is -0.133. The molecule has 0 saturated carbocycles. The molecular weight excluding hydrogens is 230 g/mol. The van der Waals surface area contributed by atoms with Crippen LogP contribution in [0.5, 0.6) is 5.75 Å². The Hall–Kier alpha value is -2.10. The number of fused-ring (bicyclic) bond motifs is 1. The summed E-state index contributed by atoms with van der Waals surface area (Å²) in [4.78, 5) is 14.6. The Labute approximate surface area is 105 Å². The van der Waals surface area contributed by atoms with E-state index in [-0.39, 0.29) is 11.9 Å². The highest BCUT2D eigenvalue weighted by atomic mass is 16.5. The van der Waals surface area contributed by atoms with Crippen LogP contribution < -0.4 is 0 Å². The van der Waals surface area contributed by atoms with Gasteiger partial charge < -0.3 is 9.84 Å². The molecule has 0 aliphatic rings. The molecule has 0 radical (unpaired) electrons. The monoisotopic (exact) mass is 245 g/mol. The number of carbonyl (C=O) groups is 1. The second-order valence-electron chi connectivity index (χ2n) is 4.10. The number of rotatable bonds is 5. The second kappa shape index (κ2) is 5.49. The molecule has 0 aliphatic carbocycles. The Morgan fingerprint density at radius 3 is 2.78 bits per heavy atom. The number of nitrogens with zero attached hydrogens (tertiary/aromatic N) is 1. The molecule has 1 aromatic carbocycles. The standard InChI is InChI=1S/C14H15NO3/c1-2-10(18-9-16)7-13-11-5-3-4-6-12(11)14(17)8-15-13/h3-6,8-10,17H,2,7H2,1H3. The number of carbonyl (C=O) groups excluding carboxylic acids is 1. The number of aromatic nitrogens is 1. The minimum atomic E-state index is -0.178. The Bertz CT molecular complexity index is 554. The number of pyridine rings is 1. The van der Waals surface area contributed by atoms with Gasteiger partial charge in [-0.3, -0.25) is 9.78 Å². The predicted molar refractivity (Wildman–Crippen MR) is 68.3 cm³/mol. The van der Waals surface area contributed by atoms with E-state index in [1.807, 2.05) is 31.2 Å². The molecule has 0 fully saturated rings. The number of hydrogen-bond donors (Lipinski definition) is 1. The van der Waals surface area contributed by atoms with Crippen LogP contribution in [0, 0.1) is 0 Å². The van der Waals surface area contributed by atoms with Gasteiger partial charge in [-0.25, -0.2) is 0 Å². The van der Waals surface area contributed by atoms with E-state index in [0.29, 0.717) is 12.9 Å². The summed E-state index contributed by atoms with van der Waals surface area (Å²) >= 11 is 0. The molecule has 1 heterocycles. The normalized spacial score (nSPS) is 12.3. The van der Waals surface area contributed by atoms with E-state index in [2.05, 4.69) is 4.98 Å². The zero-order valence-electron chi connectivity index (χ0n) is 10.2. The minimum Gasteiger partial charge on any atom is -0.506 e. The fourth-order valence-corrected chi connectivity index (χ4v) is 1.98. The summed E-state index contributed by atoms with van der Waals surface area (Å²) in [5.41, 5.74) is 0.831. The van der Waals surface area contributed by atoms with Crippen LogP contribution in [0.1, 0.15) is 19.0 Å². The molecule has 0 amide bonds. The number of aromatic hydroxyl groups is 1. The van der Waals surface area contributed by atoms with Crippen molar-refractivity contribution < 1.29 is 14.6 Å². The smallest absolute Gasteiger partial charge is 0.293 e. The summed E-state index contributed by atoms with van der Waals surface area (Å²) in [6.07, 6.45) is 2.54. The molecule has 1 N–H and O–H groups in total. The summed E-state index contributed by atoms with van der Waals surface area (Å²) in [5.74, 6) is 0.165. The van der Waals surface area contributed by atoms with Gasteiger partial charge in [-0.2, -0.15) is 0 Å². The zero-order valence-corrected chi connectivity index (χ0v) is 10.2. The summed E-state index contributed by atoms with van der Waals surface area (Å²) in [5, 5.41) is 11.4. The van der Waals surface area contributed by atoms with Crippen molar-refractivity contribution in [3.63, 3.8) is 0 Å². The van der Waals surface area contributed by atoms with Crippen molar-refractivity contribution in [2.45, 2.75) is 25.9 Å². The first-order valence-corrected chi connectivity index (χ1v) is 5.91. The summed E-state index contributed by atoms with van der Waals surface area (Å²) in [6.45, 7) is 2.42. The maximum Gasteiger partial charge on any atom is 0.293 e. The Kier molecular flexibility index (Phi) is 3.77. The van der Waals surface area contributed by atoms with E-state index in [4.69, 9.17) is 4.74 Å². The molecule has 94 valence electrons. The summed E-state index contributed by atoms with van der Waals surface area (Å²) in [7, 11) is 0. The SMILES string of the molecule is CCC(Cc1ncc(O)c2ccccc12)OC=O. The first-order chi connectivity index (χ1) is 8.76. The van der Waals surface area contributed by atoms with Crippen LogP contribution >= 0.6 is 0 Å². The molecule has 0 saturated heterocycles. The van der Waals surface area contributed by atoms with E-state index < -0.39 is 0 Å².